The van der Waals surface area contributed by atoms with Crippen LogP contribution in [0, 0.1) is 0 Å². The van der Waals surface area contributed by atoms with E-state index in [-0.39, 0.29) is 0 Å². The Kier molecular flexibility index (Phi) is 3.86. The van der Waals surface area contributed by atoms with E-state index in [4.69, 9.17) is 11.6 Å². The third kappa shape index (κ3) is 2.77. The molecule has 0 saturated carbocycles. The molecule has 0 amide bonds. The number of aromatic nitrogens is 4. The molecule has 0 aliphatic carbocycles. The van der Waals surface area contributed by atoms with Gasteiger partial charge in [0.25, 0.3) is 0 Å². The Bertz CT molecular complexity index is 716. The number of nitrogens with zero attached hydrogens (tertiary/aromatic N) is 3. The van der Waals surface area contributed by atoms with E-state index in [2.05, 4.69) is 19.9 Å². The first-order chi connectivity index (χ1) is 9.74. The highest BCUT2D eigenvalue weighted by Gasteiger charge is 2.11. The largest absolute Gasteiger partial charge is 0.388 e. The number of thioether (sulfide) groups is 1. The zero-order valence-corrected chi connectivity index (χ0v) is 11.9. The van der Waals surface area contributed by atoms with Crippen LogP contribution in [-0.4, -0.2) is 30.8 Å². The van der Waals surface area contributed by atoms with E-state index in [9.17, 15) is 5.11 Å². The van der Waals surface area contributed by atoms with Gasteiger partial charge in [-0.3, -0.25) is 0 Å². The Morgan fingerprint density at radius 3 is 2.80 bits per heavy atom. The van der Waals surface area contributed by atoms with Gasteiger partial charge in [0.05, 0.1) is 12.4 Å². The predicted octanol–water partition coefficient (Wildman–Crippen LogP) is 2.83. The third-order valence-electron chi connectivity index (χ3n) is 2.82. The van der Waals surface area contributed by atoms with Gasteiger partial charge in [0, 0.05) is 10.8 Å². The number of aliphatic hydroxyl groups is 1. The van der Waals surface area contributed by atoms with Crippen LogP contribution in [0.15, 0.2) is 41.9 Å². The molecule has 102 valence electrons. The lowest BCUT2D eigenvalue weighted by Gasteiger charge is -2.10. The fourth-order valence-corrected chi connectivity index (χ4v) is 2.84. The van der Waals surface area contributed by atoms with Crippen LogP contribution in [0.2, 0.25) is 5.02 Å². The van der Waals surface area contributed by atoms with Crippen molar-refractivity contribution in [3.8, 4) is 0 Å². The summed E-state index contributed by atoms with van der Waals surface area (Å²) in [5, 5.41) is 11.6. The van der Waals surface area contributed by atoms with E-state index in [1.54, 1.807) is 18.5 Å². The molecule has 0 bridgehead atoms. The maximum atomic E-state index is 10.2. The summed E-state index contributed by atoms with van der Waals surface area (Å²) in [6.45, 7) is 0. The van der Waals surface area contributed by atoms with Crippen molar-refractivity contribution in [2.75, 3.05) is 5.75 Å². The third-order valence-corrected chi connectivity index (χ3v) is 4.14. The molecule has 0 saturated heterocycles. The van der Waals surface area contributed by atoms with Crippen molar-refractivity contribution in [1.29, 1.82) is 0 Å². The molecule has 0 aliphatic rings. The SMILES string of the molecule is O[C@H](CSc1ncnc2nc[nH]c12)c1ccc(Cl)cc1. The topological polar surface area (TPSA) is 74.7 Å². The predicted molar refractivity (Wildman–Crippen MR) is 78.8 cm³/mol. The molecule has 0 spiro atoms. The summed E-state index contributed by atoms with van der Waals surface area (Å²) in [6.07, 6.45) is 2.48. The van der Waals surface area contributed by atoms with Gasteiger partial charge in [-0.1, -0.05) is 23.7 Å². The number of imidazole rings is 1. The van der Waals surface area contributed by atoms with Gasteiger partial charge in [-0.2, -0.15) is 0 Å². The highest BCUT2D eigenvalue weighted by atomic mass is 35.5. The first-order valence-corrected chi connectivity index (χ1v) is 7.31. The van der Waals surface area contributed by atoms with Gasteiger partial charge in [0.15, 0.2) is 5.65 Å². The quantitative estimate of drug-likeness (QED) is 0.572. The second-order valence-electron chi connectivity index (χ2n) is 4.16. The molecule has 3 rings (SSSR count). The molecule has 20 heavy (non-hydrogen) atoms. The van der Waals surface area contributed by atoms with Gasteiger partial charge in [0.2, 0.25) is 0 Å². The van der Waals surface area contributed by atoms with Gasteiger partial charge >= 0.3 is 0 Å². The van der Waals surface area contributed by atoms with Crippen LogP contribution in [0.25, 0.3) is 11.2 Å². The second kappa shape index (κ2) is 5.78. The van der Waals surface area contributed by atoms with Crippen molar-refractivity contribution in [2.24, 2.45) is 0 Å². The number of aromatic amines is 1. The molecule has 5 nitrogen and oxygen atoms in total. The summed E-state index contributed by atoms with van der Waals surface area (Å²) in [5.74, 6) is 0.493. The van der Waals surface area contributed by atoms with E-state index >= 15 is 0 Å². The molecule has 7 heteroatoms. The number of benzene rings is 1. The molecule has 0 unspecified atom stereocenters. The lowest BCUT2D eigenvalue weighted by Crippen LogP contribution is -2.01. The van der Waals surface area contributed by atoms with Crippen molar-refractivity contribution >= 4 is 34.5 Å². The Labute approximate surface area is 124 Å². The van der Waals surface area contributed by atoms with Crippen LogP contribution in [0.3, 0.4) is 0 Å². The number of hydrogen-bond donors (Lipinski definition) is 2. The maximum Gasteiger partial charge on any atom is 0.181 e. The molecule has 2 N–H and O–H groups in total. The summed E-state index contributed by atoms with van der Waals surface area (Å²) in [6, 6.07) is 7.17. The summed E-state index contributed by atoms with van der Waals surface area (Å²) in [7, 11) is 0. The summed E-state index contributed by atoms with van der Waals surface area (Å²) in [4.78, 5) is 15.3. The monoisotopic (exact) mass is 306 g/mol. The van der Waals surface area contributed by atoms with Gasteiger partial charge in [0.1, 0.15) is 16.9 Å². The normalized spacial score (nSPS) is 12.7. The molecule has 2 aromatic heterocycles. The average Bonchev–Trinajstić information content (AvgIpc) is 2.94. The molecule has 3 aromatic rings. The zero-order chi connectivity index (χ0) is 13.9. The number of aliphatic hydroxyl groups excluding tert-OH is 1. The van der Waals surface area contributed by atoms with E-state index in [0.717, 1.165) is 16.1 Å². The molecule has 1 atom stereocenters. The molecule has 0 radical (unpaired) electrons. The van der Waals surface area contributed by atoms with Gasteiger partial charge in [-0.05, 0) is 17.7 Å². The molecule has 2 heterocycles. The smallest absolute Gasteiger partial charge is 0.181 e. The van der Waals surface area contributed by atoms with E-state index in [1.807, 2.05) is 12.1 Å². The number of fused-ring (bicyclic) bond motifs is 1. The summed E-state index contributed by atoms with van der Waals surface area (Å²) >= 11 is 7.28. The highest BCUT2D eigenvalue weighted by Crippen LogP contribution is 2.27. The van der Waals surface area contributed by atoms with Crippen LogP contribution in [0.1, 0.15) is 11.7 Å². The minimum Gasteiger partial charge on any atom is -0.388 e. The van der Waals surface area contributed by atoms with Crippen molar-refractivity contribution < 1.29 is 5.11 Å². The number of halogens is 1. The number of rotatable bonds is 4. The zero-order valence-electron chi connectivity index (χ0n) is 10.3. The molecular formula is C13H11ClN4OS. The van der Waals surface area contributed by atoms with Crippen LogP contribution in [-0.2, 0) is 0 Å². The van der Waals surface area contributed by atoms with Crippen LogP contribution >= 0.6 is 23.4 Å². The van der Waals surface area contributed by atoms with E-state index in [0.29, 0.717) is 16.4 Å². The van der Waals surface area contributed by atoms with Gasteiger partial charge in [-0.25, -0.2) is 15.0 Å². The lowest BCUT2D eigenvalue weighted by atomic mass is 10.1. The van der Waals surface area contributed by atoms with Crippen molar-refractivity contribution in [2.45, 2.75) is 11.1 Å². The van der Waals surface area contributed by atoms with Crippen LogP contribution in [0.5, 0.6) is 0 Å². The molecular weight excluding hydrogens is 296 g/mol. The Balaban J connectivity index is 1.73. The first-order valence-electron chi connectivity index (χ1n) is 5.94. The highest BCUT2D eigenvalue weighted by molar-refractivity contribution is 7.99. The average molecular weight is 307 g/mol. The summed E-state index contributed by atoms with van der Waals surface area (Å²) in [5.41, 5.74) is 2.25. The molecule has 0 aliphatic heterocycles. The Hall–Kier alpha value is -1.63. The Morgan fingerprint density at radius 1 is 1.20 bits per heavy atom. The lowest BCUT2D eigenvalue weighted by molar-refractivity contribution is 0.204. The maximum absolute atomic E-state index is 10.2. The second-order valence-corrected chi connectivity index (χ2v) is 5.60. The first kappa shape index (κ1) is 13.4. The van der Waals surface area contributed by atoms with Crippen molar-refractivity contribution in [1.82, 2.24) is 19.9 Å². The minimum atomic E-state index is -0.579. The van der Waals surface area contributed by atoms with Crippen molar-refractivity contribution in [3.05, 3.63) is 47.5 Å². The Morgan fingerprint density at radius 2 is 2.00 bits per heavy atom. The number of hydrogen-bond acceptors (Lipinski definition) is 5. The van der Waals surface area contributed by atoms with Gasteiger partial charge in [-0.15, -0.1) is 11.8 Å². The van der Waals surface area contributed by atoms with Crippen molar-refractivity contribution in [3.63, 3.8) is 0 Å². The summed E-state index contributed by atoms with van der Waals surface area (Å²) < 4.78 is 0. The van der Waals surface area contributed by atoms with Gasteiger partial charge < -0.3 is 10.1 Å². The van der Waals surface area contributed by atoms with E-state index in [1.165, 1.54) is 18.1 Å². The van der Waals surface area contributed by atoms with E-state index < -0.39 is 6.10 Å². The molecule has 0 fully saturated rings. The fraction of sp³-hybridized carbons (Fsp3) is 0.154. The van der Waals surface area contributed by atoms with Crippen LogP contribution < -0.4 is 0 Å². The number of nitrogens with one attached hydrogen (secondary N) is 1. The fourth-order valence-electron chi connectivity index (χ4n) is 1.79. The minimum absolute atomic E-state index is 0.493. The van der Waals surface area contributed by atoms with Crippen LogP contribution in [0.4, 0.5) is 0 Å². The standard InChI is InChI=1S/C13H11ClN4OS/c14-9-3-1-8(2-4-9)10(19)5-20-13-11-12(16-6-15-11)17-7-18-13/h1-4,6-7,10,19H,5H2,(H,15,16,17,18)/t10-/m1/s1. The number of H-pyrrole nitrogens is 1. The molecule has 1 aromatic carbocycles.